The summed E-state index contributed by atoms with van der Waals surface area (Å²) in [5, 5.41) is 19.7. The Bertz CT molecular complexity index is 2380. The largest absolute Gasteiger partial charge is 0.481 e. The van der Waals surface area contributed by atoms with Crippen LogP contribution in [0, 0.1) is 11.8 Å². The molecule has 0 saturated carbocycles. The summed E-state index contributed by atoms with van der Waals surface area (Å²) in [6.45, 7) is 2.03. The van der Waals surface area contributed by atoms with E-state index in [9.17, 15) is 29.4 Å². The van der Waals surface area contributed by atoms with Gasteiger partial charge in [-0.1, -0.05) is 70.3 Å². The smallest absolute Gasteiger partial charge is 0.306 e. The molecule has 2 saturated heterocycles. The molecular weight excluding hydrogens is 914 g/mol. The number of rotatable bonds is 10. The second kappa shape index (κ2) is 19.6. The van der Waals surface area contributed by atoms with Gasteiger partial charge in [-0.05, 0) is 96.5 Å². The zero-order chi connectivity index (χ0) is 44.4. The van der Waals surface area contributed by atoms with E-state index in [-0.39, 0.29) is 31.9 Å². The number of aliphatic carboxylic acids is 2. The number of amides is 2. The molecule has 12 nitrogen and oxygen atoms in total. The molecule has 2 N–H and O–H groups in total. The quantitative estimate of drug-likeness (QED) is 0.115. The Balaban J connectivity index is 1.17. The van der Waals surface area contributed by atoms with Gasteiger partial charge in [0.2, 0.25) is 11.8 Å². The molecule has 8 rings (SSSR count). The number of halogens is 4. The molecule has 63 heavy (non-hydrogen) atoms. The Morgan fingerprint density at radius 2 is 0.984 bits per heavy atom. The summed E-state index contributed by atoms with van der Waals surface area (Å²) in [6.07, 6.45) is 8.81. The molecule has 4 aliphatic rings. The van der Waals surface area contributed by atoms with Gasteiger partial charge in [-0.15, -0.1) is 0 Å². The number of benzene rings is 4. The molecule has 0 spiro atoms. The fraction of sp³-hybridized carbons (Fsp3) is 0.304. The third-order valence-corrected chi connectivity index (χ3v) is 14.8. The van der Waals surface area contributed by atoms with Crippen LogP contribution < -0.4 is 9.78 Å². The van der Waals surface area contributed by atoms with E-state index in [2.05, 4.69) is 0 Å². The minimum Gasteiger partial charge on any atom is -0.481 e. The number of carbonyl (C=O) groups excluding carboxylic acids is 2. The van der Waals surface area contributed by atoms with Crippen molar-refractivity contribution in [2.45, 2.75) is 48.3 Å². The number of fused-ring (bicyclic) bond motifs is 2. The van der Waals surface area contributed by atoms with Crippen molar-refractivity contribution in [3.05, 3.63) is 103 Å². The number of likely N-dealkylation sites (tertiary alicyclic amines) is 2. The number of piperidine rings is 2. The lowest BCUT2D eigenvalue weighted by Gasteiger charge is -2.29. The van der Waals surface area contributed by atoms with E-state index in [0.29, 0.717) is 121 Å². The predicted molar refractivity (Wildman–Crippen MR) is 240 cm³/mol. The van der Waals surface area contributed by atoms with E-state index >= 15 is 0 Å². The van der Waals surface area contributed by atoms with Gasteiger partial charge in [0.1, 0.15) is 0 Å². The van der Waals surface area contributed by atoms with Crippen LogP contribution in [0.4, 0.5) is 0 Å². The van der Waals surface area contributed by atoms with Gasteiger partial charge in [-0.25, -0.2) is 0 Å². The van der Waals surface area contributed by atoms with Crippen LogP contribution in [0.2, 0.25) is 20.1 Å². The Hall–Kier alpha value is -4.73. The molecule has 328 valence electrons. The fourth-order valence-electron chi connectivity index (χ4n) is 8.08. The third kappa shape index (κ3) is 9.85. The highest BCUT2D eigenvalue weighted by atomic mass is 35.5. The highest BCUT2D eigenvalue weighted by Crippen LogP contribution is 2.49. The first-order chi connectivity index (χ1) is 30.4. The Labute approximate surface area is 387 Å². The molecule has 4 aromatic rings. The van der Waals surface area contributed by atoms with E-state index in [4.69, 9.17) is 66.0 Å². The van der Waals surface area contributed by atoms with Crippen molar-refractivity contribution in [1.29, 1.82) is 0 Å². The summed E-state index contributed by atoms with van der Waals surface area (Å²) in [5.41, 5.74) is 5.71. The van der Waals surface area contributed by atoms with Gasteiger partial charge < -0.3 is 29.8 Å². The second-order valence-corrected chi connectivity index (χ2v) is 18.1. The van der Waals surface area contributed by atoms with Crippen molar-refractivity contribution in [2.75, 3.05) is 39.4 Å². The maximum atomic E-state index is 13.4. The minimum atomic E-state index is -0.861. The van der Waals surface area contributed by atoms with Crippen LogP contribution in [0.15, 0.2) is 70.5 Å². The van der Waals surface area contributed by atoms with E-state index in [1.165, 1.54) is 23.9 Å². The van der Waals surface area contributed by atoms with Crippen molar-refractivity contribution >= 4 is 94.1 Å². The van der Waals surface area contributed by atoms with Gasteiger partial charge in [0.15, 0.2) is 11.5 Å². The first-order valence-electron chi connectivity index (χ1n) is 20.3. The van der Waals surface area contributed by atoms with Gasteiger partial charge in [-0.3, -0.25) is 19.2 Å². The molecule has 17 heteroatoms. The topological polar surface area (TPSA) is 152 Å². The number of hydrogen-bond donors (Lipinski definition) is 2. The lowest BCUT2D eigenvalue weighted by atomic mass is 9.95. The van der Waals surface area contributed by atoms with E-state index in [1.54, 1.807) is 34.1 Å². The van der Waals surface area contributed by atoms with Crippen LogP contribution in [0.1, 0.15) is 47.9 Å². The van der Waals surface area contributed by atoms with Crippen LogP contribution in [0.5, 0.6) is 11.5 Å². The van der Waals surface area contributed by atoms with Crippen molar-refractivity contribution in [3.8, 4) is 33.8 Å². The first kappa shape index (κ1) is 44.9. The zero-order valence-corrected chi connectivity index (χ0v) is 37.4. The van der Waals surface area contributed by atoms with E-state index in [1.807, 2.05) is 36.4 Å². The predicted octanol–water partition coefficient (Wildman–Crippen LogP) is 10.2. The SMILES string of the molecule is O=C(O)C1CCN(C(=O)C=Cc2c(-c3ccc4c(c3)CCOO4)cc(Sc3cc(-c4ccc5c(c4)CCOO5)c(C=CC(=O)N4CCC(C(=O)O)CC4)c(Cl)c3Cl)c(Cl)c2Cl)CC1. The average molecular weight is 955 g/mol. The van der Waals surface area contributed by atoms with Crippen LogP contribution in [-0.2, 0) is 41.8 Å². The Morgan fingerprint density at radius 3 is 1.37 bits per heavy atom. The third-order valence-electron chi connectivity index (χ3n) is 11.7. The van der Waals surface area contributed by atoms with Gasteiger partial charge in [-0.2, -0.15) is 9.78 Å². The molecule has 2 fully saturated rings. The first-order valence-corrected chi connectivity index (χ1v) is 22.7. The molecule has 0 atom stereocenters. The van der Waals surface area contributed by atoms with Crippen LogP contribution in [0.3, 0.4) is 0 Å². The molecule has 0 aromatic heterocycles. The van der Waals surface area contributed by atoms with Crippen molar-refractivity contribution in [3.63, 3.8) is 0 Å². The van der Waals surface area contributed by atoms with Crippen LogP contribution in [0.25, 0.3) is 34.4 Å². The standard InChI is InChI=1S/C46H40Cl4N2O10S/c47-41-31(3-7-39(53)51-15-9-25(10-16-51)45(55)56)33(27-1-5-35-29(21-27)13-19-59-61-35)23-37(43(41)49)63-38-24-34(28-2-6-36-30(22-28)14-20-60-62-36)32(42(48)44(38)50)4-8-40(54)52-17-11-26(12-18-52)46(57)58/h1-8,21-26H,9-20H2,(H,55,56)(H,57,58). The molecule has 4 aromatic carbocycles. The number of carbonyl (C=O) groups is 4. The van der Waals surface area contributed by atoms with Gasteiger partial charge in [0.05, 0.1) is 45.1 Å². The summed E-state index contributed by atoms with van der Waals surface area (Å²) in [5.74, 6) is -2.07. The lowest BCUT2D eigenvalue weighted by molar-refractivity contribution is -0.215. The highest BCUT2D eigenvalue weighted by molar-refractivity contribution is 7.99. The monoisotopic (exact) mass is 952 g/mol. The zero-order valence-electron chi connectivity index (χ0n) is 33.5. The molecule has 0 unspecified atom stereocenters. The Kier molecular flexibility index (Phi) is 13.9. The number of carboxylic acids is 2. The summed E-state index contributed by atoms with van der Waals surface area (Å²) >= 11 is 29.8. The van der Waals surface area contributed by atoms with E-state index < -0.39 is 23.8 Å². The molecule has 0 radical (unpaired) electrons. The summed E-state index contributed by atoms with van der Waals surface area (Å²) < 4.78 is 0. The number of hydrogen-bond acceptors (Lipinski definition) is 9. The maximum absolute atomic E-state index is 13.4. The molecule has 4 aliphatic heterocycles. The number of nitrogens with zero attached hydrogens (tertiary/aromatic N) is 2. The number of carboxylic acid groups (broad SMARTS) is 2. The van der Waals surface area contributed by atoms with Crippen molar-refractivity contribution < 1.29 is 48.9 Å². The molecule has 0 aliphatic carbocycles. The molecule has 2 amide bonds. The fourth-order valence-corrected chi connectivity index (χ4v) is 10.2. The molecule has 4 heterocycles. The van der Waals surface area contributed by atoms with Crippen molar-refractivity contribution in [2.24, 2.45) is 11.8 Å². The van der Waals surface area contributed by atoms with Gasteiger partial charge in [0.25, 0.3) is 0 Å². The lowest BCUT2D eigenvalue weighted by Crippen LogP contribution is -2.39. The summed E-state index contributed by atoms with van der Waals surface area (Å²) in [6, 6.07) is 15.0. The normalized spacial score (nSPS) is 17.0. The minimum absolute atomic E-state index is 0.187. The maximum Gasteiger partial charge on any atom is 0.306 e. The molecule has 0 bridgehead atoms. The van der Waals surface area contributed by atoms with Gasteiger partial charge in [0, 0.05) is 83.2 Å². The van der Waals surface area contributed by atoms with Gasteiger partial charge >= 0.3 is 11.9 Å². The van der Waals surface area contributed by atoms with Crippen LogP contribution in [-0.4, -0.2) is 83.2 Å². The summed E-state index contributed by atoms with van der Waals surface area (Å²) in [7, 11) is 0. The van der Waals surface area contributed by atoms with Crippen molar-refractivity contribution in [1.82, 2.24) is 9.80 Å². The highest BCUT2D eigenvalue weighted by Gasteiger charge is 2.29. The molecular formula is C46H40Cl4N2O10S. The van der Waals surface area contributed by atoms with E-state index in [0.717, 1.165) is 22.3 Å². The Morgan fingerprint density at radius 1 is 0.587 bits per heavy atom. The average Bonchev–Trinajstić information content (AvgIpc) is 3.30. The second-order valence-electron chi connectivity index (χ2n) is 15.5. The summed E-state index contributed by atoms with van der Waals surface area (Å²) in [4.78, 5) is 75.3. The van der Waals surface area contributed by atoms with Crippen LogP contribution >= 0.6 is 58.2 Å².